The zero-order chi connectivity index (χ0) is 14.5. The number of pyridine rings is 1. The third kappa shape index (κ3) is 3.68. The Morgan fingerprint density at radius 2 is 2.00 bits per heavy atom. The van der Waals surface area contributed by atoms with E-state index >= 15 is 0 Å². The highest BCUT2D eigenvalue weighted by atomic mass is 32.2. The van der Waals surface area contributed by atoms with Crippen LogP contribution in [0.3, 0.4) is 0 Å². The predicted molar refractivity (Wildman–Crippen MR) is 79.2 cm³/mol. The Balaban J connectivity index is 2.13. The second-order valence-electron chi connectivity index (χ2n) is 4.32. The molecule has 5 heteroatoms. The Labute approximate surface area is 121 Å². The number of nitrogens with one attached hydrogen (secondary N) is 1. The number of hydrogen-bond donors (Lipinski definition) is 1. The molecule has 1 aromatic carbocycles. The maximum Gasteiger partial charge on any atom is 0.221 e. The fourth-order valence-corrected chi connectivity index (χ4v) is 2.50. The van der Waals surface area contributed by atoms with Crippen molar-refractivity contribution in [1.82, 2.24) is 4.98 Å². The van der Waals surface area contributed by atoms with Gasteiger partial charge in [-0.2, -0.15) is 0 Å². The van der Waals surface area contributed by atoms with Crippen molar-refractivity contribution in [3.63, 3.8) is 0 Å². The molecule has 0 atom stereocenters. The number of hydrogen-bond acceptors (Lipinski definition) is 4. The minimum atomic E-state index is -0.0904. The Morgan fingerprint density at radius 3 is 2.55 bits per heavy atom. The van der Waals surface area contributed by atoms with Crippen molar-refractivity contribution in [2.75, 3.05) is 5.32 Å². The molecule has 0 aliphatic heterocycles. The van der Waals surface area contributed by atoms with Crippen molar-refractivity contribution < 1.29 is 9.59 Å². The molecule has 4 nitrogen and oxygen atoms in total. The molecule has 2 aromatic rings. The second-order valence-corrected chi connectivity index (χ2v) is 5.38. The molecule has 0 saturated heterocycles. The van der Waals surface area contributed by atoms with E-state index in [0.717, 1.165) is 27.5 Å². The van der Waals surface area contributed by atoms with Gasteiger partial charge >= 0.3 is 0 Å². The van der Waals surface area contributed by atoms with Crippen LogP contribution in [0, 0.1) is 6.92 Å². The quantitative estimate of drug-likeness (QED) is 0.876. The zero-order valence-corrected chi connectivity index (χ0v) is 12.0. The molecule has 0 saturated carbocycles. The number of anilines is 1. The number of aldehydes is 1. The highest BCUT2D eigenvalue weighted by Crippen LogP contribution is 2.29. The van der Waals surface area contributed by atoms with E-state index in [1.807, 2.05) is 37.3 Å². The molecule has 1 aromatic heterocycles. The van der Waals surface area contributed by atoms with Crippen molar-refractivity contribution in [3.8, 4) is 0 Å². The lowest BCUT2D eigenvalue weighted by atomic mass is 10.2. The van der Waals surface area contributed by atoms with Gasteiger partial charge in [-0.1, -0.05) is 11.8 Å². The Bertz CT molecular complexity index is 639. The fourth-order valence-electron chi connectivity index (χ4n) is 1.68. The number of aryl methyl sites for hydroxylation is 1. The highest BCUT2D eigenvalue weighted by Gasteiger charge is 2.04. The number of aromatic nitrogens is 1. The SMILES string of the molecule is CC(=O)Nc1ccc(Sc2ncc(C=O)cc2C)cc1. The highest BCUT2D eigenvalue weighted by molar-refractivity contribution is 7.99. The van der Waals surface area contributed by atoms with Gasteiger partial charge in [-0.3, -0.25) is 9.59 Å². The third-order valence-corrected chi connectivity index (χ3v) is 3.71. The molecule has 0 bridgehead atoms. The van der Waals surface area contributed by atoms with Gasteiger partial charge in [-0.25, -0.2) is 4.98 Å². The summed E-state index contributed by atoms with van der Waals surface area (Å²) in [7, 11) is 0. The maximum absolute atomic E-state index is 10.9. The molecule has 0 aliphatic carbocycles. The van der Waals surface area contributed by atoms with Crippen molar-refractivity contribution >= 4 is 29.6 Å². The normalized spacial score (nSPS) is 10.1. The molecular weight excluding hydrogens is 272 g/mol. The van der Waals surface area contributed by atoms with Crippen LogP contribution in [0.2, 0.25) is 0 Å². The summed E-state index contributed by atoms with van der Waals surface area (Å²) in [6, 6.07) is 9.35. The van der Waals surface area contributed by atoms with E-state index in [-0.39, 0.29) is 5.91 Å². The summed E-state index contributed by atoms with van der Waals surface area (Å²) in [5.74, 6) is -0.0904. The van der Waals surface area contributed by atoms with Gasteiger partial charge in [-0.15, -0.1) is 0 Å². The van der Waals surface area contributed by atoms with Crippen LogP contribution >= 0.6 is 11.8 Å². The van der Waals surface area contributed by atoms with Crippen LogP contribution in [0.15, 0.2) is 46.5 Å². The van der Waals surface area contributed by atoms with Crippen molar-refractivity contribution in [2.45, 2.75) is 23.8 Å². The standard InChI is InChI=1S/C15H14N2O2S/c1-10-7-12(9-18)8-16-15(10)20-14-5-3-13(4-6-14)17-11(2)19/h3-9H,1-2H3,(H,17,19). The summed E-state index contributed by atoms with van der Waals surface area (Å²) in [6.07, 6.45) is 2.35. The van der Waals surface area contributed by atoms with Crippen molar-refractivity contribution in [3.05, 3.63) is 47.7 Å². The van der Waals surface area contributed by atoms with Crippen LogP contribution in [0.5, 0.6) is 0 Å². The van der Waals surface area contributed by atoms with Gasteiger partial charge in [0, 0.05) is 29.3 Å². The number of carbonyl (C=O) groups is 2. The van der Waals surface area contributed by atoms with Crippen LogP contribution < -0.4 is 5.32 Å². The van der Waals surface area contributed by atoms with E-state index in [1.54, 1.807) is 6.20 Å². The Kier molecular flexibility index (Phi) is 4.53. The first-order valence-corrected chi connectivity index (χ1v) is 6.87. The molecule has 20 heavy (non-hydrogen) atoms. The fraction of sp³-hybridized carbons (Fsp3) is 0.133. The van der Waals surface area contributed by atoms with Crippen LogP contribution in [-0.2, 0) is 4.79 Å². The lowest BCUT2D eigenvalue weighted by Gasteiger charge is -2.06. The maximum atomic E-state index is 10.9. The first-order valence-electron chi connectivity index (χ1n) is 6.06. The molecule has 1 amide bonds. The monoisotopic (exact) mass is 286 g/mol. The van der Waals surface area contributed by atoms with E-state index in [1.165, 1.54) is 18.7 Å². The van der Waals surface area contributed by atoms with Gasteiger partial charge in [0.15, 0.2) is 6.29 Å². The summed E-state index contributed by atoms with van der Waals surface area (Å²) in [4.78, 5) is 26.9. The smallest absolute Gasteiger partial charge is 0.221 e. The molecule has 1 heterocycles. The molecule has 0 radical (unpaired) electrons. The molecule has 0 unspecified atom stereocenters. The summed E-state index contributed by atoms with van der Waals surface area (Å²) in [5, 5.41) is 3.58. The zero-order valence-electron chi connectivity index (χ0n) is 11.2. The summed E-state index contributed by atoms with van der Waals surface area (Å²) >= 11 is 1.52. The first kappa shape index (κ1) is 14.3. The molecule has 2 rings (SSSR count). The molecule has 0 fully saturated rings. The van der Waals surface area contributed by atoms with Crippen molar-refractivity contribution in [1.29, 1.82) is 0 Å². The average molecular weight is 286 g/mol. The van der Waals surface area contributed by atoms with Gasteiger partial charge in [0.2, 0.25) is 5.91 Å². The van der Waals surface area contributed by atoms with Crippen molar-refractivity contribution in [2.24, 2.45) is 0 Å². The number of nitrogens with zero attached hydrogens (tertiary/aromatic N) is 1. The van der Waals surface area contributed by atoms with Crippen LogP contribution in [0.1, 0.15) is 22.8 Å². The summed E-state index contributed by atoms with van der Waals surface area (Å²) in [5.41, 5.74) is 2.31. The van der Waals surface area contributed by atoms with E-state index in [9.17, 15) is 9.59 Å². The van der Waals surface area contributed by atoms with E-state index in [2.05, 4.69) is 10.3 Å². The number of benzene rings is 1. The Hall–Kier alpha value is -2.14. The van der Waals surface area contributed by atoms with E-state index < -0.39 is 0 Å². The lowest BCUT2D eigenvalue weighted by Crippen LogP contribution is -2.05. The van der Waals surface area contributed by atoms with E-state index in [4.69, 9.17) is 0 Å². The minimum Gasteiger partial charge on any atom is -0.326 e. The van der Waals surface area contributed by atoms with Gasteiger partial charge in [0.1, 0.15) is 5.03 Å². The van der Waals surface area contributed by atoms with Gasteiger partial charge in [0.05, 0.1) is 0 Å². The predicted octanol–water partition coefficient (Wildman–Crippen LogP) is 3.31. The first-order chi connectivity index (χ1) is 9.58. The van der Waals surface area contributed by atoms with E-state index in [0.29, 0.717) is 5.56 Å². The molecular formula is C15H14N2O2S. The molecule has 1 N–H and O–H groups in total. The average Bonchev–Trinajstić information content (AvgIpc) is 2.42. The lowest BCUT2D eigenvalue weighted by molar-refractivity contribution is -0.114. The summed E-state index contributed by atoms with van der Waals surface area (Å²) < 4.78 is 0. The second kappa shape index (κ2) is 6.34. The van der Waals surface area contributed by atoms with Crippen LogP contribution in [0.4, 0.5) is 5.69 Å². The number of carbonyl (C=O) groups excluding carboxylic acids is 2. The molecule has 102 valence electrons. The topological polar surface area (TPSA) is 59.1 Å². The van der Waals surface area contributed by atoms with Crippen LogP contribution in [-0.4, -0.2) is 17.2 Å². The van der Waals surface area contributed by atoms with Gasteiger partial charge in [-0.05, 0) is 42.8 Å². The minimum absolute atomic E-state index is 0.0904. The van der Waals surface area contributed by atoms with Crippen LogP contribution in [0.25, 0.3) is 0 Å². The summed E-state index contributed by atoms with van der Waals surface area (Å²) in [6.45, 7) is 3.40. The molecule has 0 spiro atoms. The molecule has 0 aliphatic rings. The van der Waals surface area contributed by atoms with Gasteiger partial charge in [0.25, 0.3) is 0 Å². The largest absolute Gasteiger partial charge is 0.326 e. The van der Waals surface area contributed by atoms with Gasteiger partial charge < -0.3 is 5.32 Å². The third-order valence-electron chi connectivity index (χ3n) is 2.58. The Morgan fingerprint density at radius 1 is 1.30 bits per heavy atom. The number of amides is 1. The number of rotatable bonds is 4.